The zero-order valence-corrected chi connectivity index (χ0v) is 11.5. The number of pyridine rings is 1. The Balaban J connectivity index is 1.68. The van der Waals surface area contributed by atoms with Crippen molar-refractivity contribution in [1.82, 2.24) is 19.7 Å². The number of rotatable bonds is 4. The highest BCUT2D eigenvalue weighted by Crippen LogP contribution is 2.14. The number of halogens is 1. The van der Waals surface area contributed by atoms with Gasteiger partial charge in [-0.3, -0.25) is 0 Å². The number of benzene rings is 1. The van der Waals surface area contributed by atoms with Gasteiger partial charge < -0.3 is 5.32 Å². The lowest BCUT2D eigenvalue weighted by Crippen LogP contribution is -2.03. The molecule has 0 saturated carbocycles. The van der Waals surface area contributed by atoms with Crippen molar-refractivity contribution >= 4 is 5.69 Å². The van der Waals surface area contributed by atoms with Crippen molar-refractivity contribution in [2.45, 2.75) is 13.5 Å². The van der Waals surface area contributed by atoms with Crippen molar-refractivity contribution < 1.29 is 4.39 Å². The molecule has 21 heavy (non-hydrogen) atoms. The minimum Gasteiger partial charge on any atom is -0.380 e. The van der Waals surface area contributed by atoms with E-state index in [1.54, 1.807) is 23.3 Å². The molecule has 2 aromatic heterocycles. The second-order valence-corrected chi connectivity index (χ2v) is 4.67. The second kappa shape index (κ2) is 5.70. The molecule has 0 aliphatic heterocycles. The van der Waals surface area contributed by atoms with E-state index < -0.39 is 0 Å². The van der Waals surface area contributed by atoms with Crippen LogP contribution in [0, 0.1) is 12.7 Å². The van der Waals surface area contributed by atoms with E-state index in [1.165, 1.54) is 18.5 Å². The first kappa shape index (κ1) is 13.2. The summed E-state index contributed by atoms with van der Waals surface area (Å²) in [6.45, 7) is 2.52. The summed E-state index contributed by atoms with van der Waals surface area (Å²) in [6.07, 6.45) is 4.79. The van der Waals surface area contributed by atoms with Crippen LogP contribution in [0.25, 0.3) is 5.82 Å². The van der Waals surface area contributed by atoms with Crippen LogP contribution in [0.1, 0.15) is 11.1 Å². The van der Waals surface area contributed by atoms with Gasteiger partial charge in [0.2, 0.25) is 0 Å². The normalized spacial score (nSPS) is 10.6. The predicted molar refractivity (Wildman–Crippen MR) is 77.6 cm³/mol. The number of aromatic nitrogens is 4. The summed E-state index contributed by atoms with van der Waals surface area (Å²) >= 11 is 0. The Bertz CT molecular complexity index is 722. The molecule has 1 N–H and O–H groups in total. The van der Waals surface area contributed by atoms with Gasteiger partial charge >= 0.3 is 0 Å². The molecule has 5 nitrogen and oxygen atoms in total. The zero-order valence-electron chi connectivity index (χ0n) is 11.5. The molecule has 0 radical (unpaired) electrons. The summed E-state index contributed by atoms with van der Waals surface area (Å²) in [6, 6.07) is 8.56. The van der Waals surface area contributed by atoms with Crippen LogP contribution in [0.2, 0.25) is 0 Å². The largest absolute Gasteiger partial charge is 0.380 e. The molecule has 0 unspecified atom stereocenters. The molecule has 0 bridgehead atoms. The van der Waals surface area contributed by atoms with E-state index in [4.69, 9.17) is 0 Å². The fourth-order valence-corrected chi connectivity index (χ4v) is 2.01. The summed E-state index contributed by atoms with van der Waals surface area (Å²) in [7, 11) is 0. The van der Waals surface area contributed by atoms with Gasteiger partial charge in [0.15, 0.2) is 5.82 Å². The smallest absolute Gasteiger partial charge is 0.155 e. The van der Waals surface area contributed by atoms with Crippen LogP contribution in [0.4, 0.5) is 10.1 Å². The van der Waals surface area contributed by atoms with E-state index in [-0.39, 0.29) is 5.82 Å². The maximum absolute atomic E-state index is 13.0. The number of hydrogen-bond acceptors (Lipinski definition) is 4. The fourth-order valence-electron chi connectivity index (χ4n) is 2.01. The van der Waals surface area contributed by atoms with Crippen molar-refractivity contribution in [3.63, 3.8) is 0 Å². The fraction of sp³-hybridized carbons (Fsp3) is 0.133. The molecule has 6 heteroatoms. The van der Waals surface area contributed by atoms with Crippen molar-refractivity contribution in [2.75, 3.05) is 5.32 Å². The van der Waals surface area contributed by atoms with Crippen LogP contribution in [-0.2, 0) is 6.54 Å². The minimum absolute atomic E-state index is 0.213. The number of nitrogens with zero attached hydrogens (tertiary/aromatic N) is 4. The molecule has 0 fully saturated rings. The van der Waals surface area contributed by atoms with Gasteiger partial charge in [0.05, 0.1) is 11.9 Å². The van der Waals surface area contributed by atoms with Gasteiger partial charge in [-0.2, -0.15) is 5.10 Å². The SMILES string of the molecule is Cc1cc(F)ccc1CNc1ccc(-n2cncn2)nc1. The quantitative estimate of drug-likeness (QED) is 0.800. The lowest BCUT2D eigenvalue weighted by atomic mass is 10.1. The third-order valence-corrected chi connectivity index (χ3v) is 3.19. The van der Waals surface area contributed by atoms with Gasteiger partial charge in [0.25, 0.3) is 0 Å². The molecular weight excluding hydrogens is 269 g/mol. The highest BCUT2D eigenvalue weighted by Gasteiger charge is 2.02. The van der Waals surface area contributed by atoms with Gasteiger partial charge in [-0.25, -0.2) is 19.0 Å². The van der Waals surface area contributed by atoms with E-state index in [1.807, 2.05) is 19.1 Å². The Labute approximate surface area is 121 Å². The van der Waals surface area contributed by atoms with Gasteiger partial charge in [0.1, 0.15) is 18.5 Å². The summed E-state index contributed by atoms with van der Waals surface area (Å²) in [5.74, 6) is 0.492. The van der Waals surface area contributed by atoms with Gasteiger partial charge in [-0.05, 0) is 42.3 Å². The zero-order chi connectivity index (χ0) is 14.7. The Kier molecular flexibility index (Phi) is 3.59. The molecule has 0 spiro atoms. The van der Waals surface area contributed by atoms with Crippen LogP contribution in [0.15, 0.2) is 49.2 Å². The van der Waals surface area contributed by atoms with E-state index in [0.29, 0.717) is 12.4 Å². The van der Waals surface area contributed by atoms with Crippen molar-refractivity contribution in [3.8, 4) is 5.82 Å². The first-order valence-electron chi connectivity index (χ1n) is 6.52. The van der Waals surface area contributed by atoms with E-state index in [2.05, 4.69) is 20.4 Å². The number of hydrogen-bond donors (Lipinski definition) is 1. The summed E-state index contributed by atoms with van der Waals surface area (Å²) in [5, 5.41) is 7.28. The number of aryl methyl sites for hydroxylation is 1. The first-order chi connectivity index (χ1) is 10.2. The predicted octanol–water partition coefficient (Wildman–Crippen LogP) is 2.72. The third kappa shape index (κ3) is 3.05. The molecule has 3 rings (SSSR count). The molecule has 2 heterocycles. The van der Waals surface area contributed by atoms with Gasteiger partial charge in [-0.15, -0.1) is 0 Å². The molecule has 106 valence electrons. The Morgan fingerprint density at radius 1 is 1.24 bits per heavy atom. The van der Waals surface area contributed by atoms with Gasteiger partial charge in [0, 0.05) is 6.54 Å². The summed E-state index contributed by atoms with van der Waals surface area (Å²) in [5.41, 5.74) is 2.87. The van der Waals surface area contributed by atoms with Crippen LogP contribution < -0.4 is 5.32 Å². The maximum atomic E-state index is 13.0. The summed E-state index contributed by atoms with van der Waals surface area (Å²) < 4.78 is 14.6. The number of nitrogens with one attached hydrogen (secondary N) is 1. The number of anilines is 1. The Hall–Kier alpha value is -2.76. The van der Waals surface area contributed by atoms with Crippen LogP contribution in [0.3, 0.4) is 0 Å². The molecule has 0 atom stereocenters. The minimum atomic E-state index is -0.213. The molecule has 0 aliphatic rings. The van der Waals surface area contributed by atoms with E-state index in [0.717, 1.165) is 16.8 Å². The average Bonchev–Trinajstić information content (AvgIpc) is 3.01. The monoisotopic (exact) mass is 283 g/mol. The molecule has 0 aliphatic carbocycles. The lowest BCUT2D eigenvalue weighted by Gasteiger charge is -2.09. The van der Waals surface area contributed by atoms with Crippen LogP contribution in [-0.4, -0.2) is 19.7 Å². The Morgan fingerprint density at radius 3 is 2.81 bits per heavy atom. The highest BCUT2D eigenvalue weighted by molar-refractivity contribution is 5.44. The highest BCUT2D eigenvalue weighted by atomic mass is 19.1. The maximum Gasteiger partial charge on any atom is 0.155 e. The topological polar surface area (TPSA) is 55.6 Å². The average molecular weight is 283 g/mol. The van der Waals surface area contributed by atoms with Crippen molar-refractivity contribution in [1.29, 1.82) is 0 Å². The van der Waals surface area contributed by atoms with Crippen LogP contribution >= 0.6 is 0 Å². The Morgan fingerprint density at radius 2 is 2.14 bits per heavy atom. The van der Waals surface area contributed by atoms with Crippen molar-refractivity contribution in [3.05, 3.63) is 66.1 Å². The van der Waals surface area contributed by atoms with Crippen molar-refractivity contribution in [2.24, 2.45) is 0 Å². The molecule has 3 aromatic rings. The molecule has 0 amide bonds. The first-order valence-corrected chi connectivity index (χ1v) is 6.52. The van der Waals surface area contributed by atoms with E-state index in [9.17, 15) is 4.39 Å². The standard InChI is InChI=1S/C15H14FN5/c1-11-6-13(16)3-2-12(11)7-18-14-4-5-15(19-8-14)21-10-17-9-20-21/h2-6,8-10,18H,7H2,1H3. The van der Waals surface area contributed by atoms with Gasteiger partial charge in [-0.1, -0.05) is 6.07 Å². The molecule has 1 aromatic carbocycles. The van der Waals surface area contributed by atoms with E-state index >= 15 is 0 Å². The summed E-state index contributed by atoms with van der Waals surface area (Å²) in [4.78, 5) is 8.19. The lowest BCUT2D eigenvalue weighted by molar-refractivity contribution is 0.625. The third-order valence-electron chi connectivity index (χ3n) is 3.19. The molecular formula is C15H14FN5. The second-order valence-electron chi connectivity index (χ2n) is 4.67. The van der Waals surface area contributed by atoms with Crippen LogP contribution in [0.5, 0.6) is 0 Å². The molecule has 0 saturated heterocycles.